The first-order valence-electron chi connectivity index (χ1n) is 7.76. The third-order valence-corrected chi connectivity index (χ3v) is 3.37. The topological polar surface area (TPSA) is 66.8 Å². The molecule has 0 aliphatic heterocycles. The normalized spacial score (nSPS) is 11.8. The van der Waals surface area contributed by atoms with Gasteiger partial charge in [0.25, 0.3) is 0 Å². The van der Waals surface area contributed by atoms with Crippen molar-refractivity contribution in [3.8, 4) is 0 Å². The van der Waals surface area contributed by atoms with Crippen LogP contribution in [0.25, 0.3) is 0 Å². The molecule has 0 aliphatic rings. The standard InChI is InChI=1S/C18H25NO4/c1-4-5-11-19(16(17(20)21)12-14(2)3)18(22)23-13-15-9-7-6-8-10-15/h4,6-10,14,16H,1,5,11-13H2,2-3H3,(H,20,21)/t16-/m0/s1. The van der Waals surface area contributed by atoms with Crippen LogP contribution in [0.15, 0.2) is 43.0 Å². The second-order valence-corrected chi connectivity index (χ2v) is 5.79. The Morgan fingerprint density at radius 3 is 2.48 bits per heavy atom. The number of hydrogen-bond acceptors (Lipinski definition) is 3. The Labute approximate surface area is 137 Å². The van der Waals surface area contributed by atoms with Crippen molar-refractivity contribution in [1.29, 1.82) is 0 Å². The molecule has 5 nitrogen and oxygen atoms in total. The van der Waals surface area contributed by atoms with Crippen molar-refractivity contribution < 1.29 is 19.4 Å². The zero-order chi connectivity index (χ0) is 17.2. The number of nitrogens with zero attached hydrogens (tertiary/aromatic N) is 1. The molecule has 1 aromatic rings. The minimum atomic E-state index is -1.01. The predicted octanol–water partition coefficient (Wildman–Crippen LogP) is 3.70. The number of ether oxygens (including phenoxy) is 1. The first-order chi connectivity index (χ1) is 11.0. The Morgan fingerprint density at radius 1 is 1.30 bits per heavy atom. The average Bonchev–Trinajstić information content (AvgIpc) is 2.52. The maximum absolute atomic E-state index is 12.4. The summed E-state index contributed by atoms with van der Waals surface area (Å²) in [6.07, 6.45) is 1.95. The van der Waals surface area contributed by atoms with Crippen LogP contribution in [0.2, 0.25) is 0 Å². The van der Waals surface area contributed by atoms with Crippen LogP contribution in [-0.2, 0) is 16.1 Å². The van der Waals surface area contributed by atoms with Crippen molar-refractivity contribution in [3.63, 3.8) is 0 Å². The molecule has 0 aromatic heterocycles. The number of aliphatic carboxylic acids is 1. The van der Waals surface area contributed by atoms with Crippen LogP contribution in [0.4, 0.5) is 4.79 Å². The first-order valence-corrected chi connectivity index (χ1v) is 7.76. The zero-order valence-electron chi connectivity index (χ0n) is 13.8. The van der Waals surface area contributed by atoms with Gasteiger partial charge in [0.2, 0.25) is 0 Å². The second kappa shape index (κ2) is 9.66. The van der Waals surface area contributed by atoms with Crippen LogP contribution >= 0.6 is 0 Å². The van der Waals surface area contributed by atoms with E-state index in [-0.39, 0.29) is 19.1 Å². The first kappa shape index (κ1) is 18.7. The largest absolute Gasteiger partial charge is 0.480 e. The summed E-state index contributed by atoms with van der Waals surface area (Å²) in [5.74, 6) is -0.858. The van der Waals surface area contributed by atoms with Crippen molar-refractivity contribution in [3.05, 3.63) is 48.6 Å². The summed E-state index contributed by atoms with van der Waals surface area (Å²) in [7, 11) is 0. The fourth-order valence-corrected chi connectivity index (χ4v) is 2.21. The van der Waals surface area contributed by atoms with Gasteiger partial charge in [-0.3, -0.25) is 4.90 Å². The maximum Gasteiger partial charge on any atom is 0.410 e. The predicted molar refractivity (Wildman–Crippen MR) is 89.0 cm³/mol. The summed E-state index contributed by atoms with van der Waals surface area (Å²) in [5.41, 5.74) is 0.861. The molecule has 0 radical (unpaired) electrons. The molecule has 5 heteroatoms. The van der Waals surface area contributed by atoms with Crippen molar-refractivity contribution in [1.82, 2.24) is 4.90 Å². The fourth-order valence-electron chi connectivity index (χ4n) is 2.21. The van der Waals surface area contributed by atoms with Gasteiger partial charge in [-0.25, -0.2) is 9.59 Å². The zero-order valence-corrected chi connectivity index (χ0v) is 13.8. The molecule has 0 heterocycles. The lowest BCUT2D eigenvalue weighted by Gasteiger charge is -2.29. The summed E-state index contributed by atoms with van der Waals surface area (Å²) in [4.78, 5) is 25.2. The number of rotatable bonds is 9. The van der Waals surface area contributed by atoms with Crippen molar-refractivity contribution >= 4 is 12.1 Å². The molecule has 1 rings (SSSR count). The Balaban J connectivity index is 2.79. The van der Waals surface area contributed by atoms with Crippen LogP contribution in [0.1, 0.15) is 32.3 Å². The molecule has 1 atom stereocenters. The molecule has 0 saturated carbocycles. The number of carboxylic acid groups (broad SMARTS) is 1. The Bertz CT molecular complexity index is 513. The van der Waals surface area contributed by atoms with Gasteiger partial charge in [0.05, 0.1) is 0 Å². The quantitative estimate of drug-likeness (QED) is 0.705. The molecule has 23 heavy (non-hydrogen) atoms. The van der Waals surface area contributed by atoms with E-state index in [1.165, 1.54) is 4.90 Å². The lowest BCUT2D eigenvalue weighted by molar-refractivity contribution is -0.143. The van der Waals surface area contributed by atoms with E-state index in [1.807, 2.05) is 44.2 Å². The highest BCUT2D eigenvalue weighted by Gasteiger charge is 2.30. The van der Waals surface area contributed by atoms with Crippen LogP contribution in [-0.4, -0.2) is 34.7 Å². The Kier molecular flexibility index (Phi) is 7.88. The molecule has 0 fully saturated rings. The SMILES string of the molecule is C=CCCN(C(=O)OCc1ccccc1)[C@@H](CC(C)C)C(=O)O. The minimum Gasteiger partial charge on any atom is -0.480 e. The summed E-state index contributed by atoms with van der Waals surface area (Å²) in [6, 6.07) is 8.41. The lowest BCUT2D eigenvalue weighted by atomic mass is 10.0. The molecule has 1 N–H and O–H groups in total. The lowest BCUT2D eigenvalue weighted by Crippen LogP contribution is -2.46. The van der Waals surface area contributed by atoms with Gasteiger partial charge in [-0.05, 0) is 24.3 Å². The molecule has 0 spiro atoms. The van der Waals surface area contributed by atoms with Gasteiger partial charge in [0, 0.05) is 6.54 Å². The molecule has 126 valence electrons. The fraction of sp³-hybridized carbons (Fsp3) is 0.444. The van der Waals surface area contributed by atoms with E-state index in [1.54, 1.807) is 6.08 Å². The third kappa shape index (κ3) is 6.55. The van der Waals surface area contributed by atoms with Gasteiger partial charge >= 0.3 is 12.1 Å². The van der Waals surface area contributed by atoms with E-state index in [2.05, 4.69) is 6.58 Å². The van der Waals surface area contributed by atoms with E-state index in [9.17, 15) is 14.7 Å². The number of carbonyl (C=O) groups excluding carboxylic acids is 1. The van der Waals surface area contributed by atoms with E-state index in [4.69, 9.17) is 4.74 Å². The van der Waals surface area contributed by atoms with Gasteiger partial charge in [-0.2, -0.15) is 0 Å². The summed E-state index contributed by atoms with van der Waals surface area (Å²) >= 11 is 0. The van der Waals surface area contributed by atoms with Crippen molar-refractivity contribution in [2.24, 2.45) is 5.92 Å². The molecule has 0 bridgehead atoms. The van der Waals surface area contributed by atoms with Gasteiger partial charge in [-0.15, -0.1) is 6.58 Å². The highest BCUT2D eigenvalue weighted by molar-refractivity contribution is 5.80. The third-order valence-electron chi connectivity index (χ3n) is 3.37. The van der Waals surface area contributed by atoms with Gasteiger partial charge < -0.3 is 9.84 Å². The van der Waals surface area contributed by atoms with Gasteiger partial charge in [-0.1, -0.05) is 50.3 Å². The van der Waals surface area contributed by atoms with E-state index in [0.717, 1.165) is 5.56 Å². The maximum atomic E-state index is 12.4. The smallest absolute Gasteiger partial charge is 0.410 e. The Hall–Kier alpha value is -2.30. The minimum absolute atomic E-state index is 0.123. The van der Waals surface area contributed by atoms with Crippen LogP contribution < -0.4 is 0 Å². The number of amides is 1. The summed E-state index contributed by atoms with van der Waals surface area (Å²) in [6.45, 7) is 7.88. The number of carbonyl (C=O) groups is 2. The van der Waals surface area contributed by atoms with Gasteiger partial charge in [0.1, 0.15) is 12.6 Å². The van der Waals surface area contributed by atoms with E-state index in [0.29, 0.717) is 12.8 Å². The van der Waals surface area contributed by atoms with E-state index < -0.39 is 18.1 Å². The molecular formula is C18H25NO4. The second-order valence-electron chi connectivity index (χ2n) is 5.79. The Morgan fingerprint density at radius 2 is 1.96 bits per heavy atom. The van der Waals surface area contributed by atoms with E-state index >= 15 is 0 Å². The molecule has 0 saturated heterocycles. The number of carboxylic acids is 1. The highest BCUT2D eigenvalue weighted by atomic mass is 16.6. The van der Waals surface area contributed by atoms with Crippen LogP contribution in [0.5, 0.6) is 0 Å². The number of benzene rings is 1. The van der Waals surface area contributed by atoms with Crippen LogP contribution in [0.3, 0.4) is 0 Å². The molecule has 0 unspecified atom stereocenters. The molecular weight excluding hydrogens is 294 g/mol. The molecule has 1 aromatic carbocycles. The average molecular weight is 319 g/mol. The van der Waals surface area contributed by atoms with Crippen molar-refractivity contribution in [2.75, 3.05) is 6.54 Å². The molecule has 0 aliphatic carbocycles. The highest BCUT2D eigenvalue weighted by Crippen LogP contribution is 2.15. The van der Waals surface area contributed by atoms with Crippen LogP contribution in [0, 0.1) is 5.92 Å². The van der Waals surface area contributed by atoms with Gasteiger partial charge in [0.15, 0.2) is 0 Å². The van der Waals surface area contributed by atoms with Crippen molar-refractivity contribution in [2.45, 2.75) is 39.3 Å². The summed E-state index contributed by atoms with van der Waals surface area (Å²) < 4.78 is 5.29. The monoisotopic (exact) mass is 319 g/mol. The number of hydrogen-bond donors (Lipinski definition) is 1. The molecule has 1 amide bonds. The summed E-state index contributed by atoms with van der Waals surface area (Å²) in [5, 5.41) is 9.45.